The average molecular weight is 247 g/mol. The molecule has 3 aromatic rings. The fourth-order valence-corrected chi connectivity index (χ4v) is 1.82. The molecule has 0 bridgehead atoms. The Balaban J connectivity index is 2.36. The van der Waals surface area contributed by atoms with Crippen molar-refractivity contribution >= 4 is 22.6 Å². The predicted octanol–water partition coefficient (Wildman–Crippen LogP) is 1.76. The monoisotopic (exact) mass is 246 g/mol. The van der Waals surface area contributed by atoms with Crippen molar-refractivity contribution in [3.05, 3.63) is 52.2 Å². The number of fused-ring (bicyclic) bond motifs is 1. The second kappa shape index (κ2) is 3.71. The van der Waals surface area contributed by atoms with Crippen LogP contribution in [0.15, 0.2) is 41.3 Å². The zero-order chi connectivity index (χ0) is 11.8. The van der Waals surface area contributed by atoms with Crippen molar-refractivity contribution in [2.24, 2.45) is 0 Å². The minimum absolute atomic E-state index is 0.0557. The highest BCUT2D eigenvalue weighted by molar-refractivity contribution is 6.28. The molecule has 0 aliphatic rings. The quantitative estimate of drug-likeness (QED) is 0.666. The largest absolute Gasteiger partial charge is 0.296 e. The molecule has 0 atom stereocenters. The number of nitrogens with one attached hydrogen (secondary N) is 1. The molecule has 0 amide bonds. The number of aromatic amines is 1. The molecule has 2 aromatic heterocycles. The summed E-state index contributed by atoms with van der Waals surface area (Å²) in [5.74, 6) is 0. The summed E-state index contributed by atoms with van der Waals surface area (Å²) in [5.41, 5.74) is 0.990. The summed E-state index contributed by atoms with van der Waals surface area (Å²) in [6.07, 6.45) is 1.48. The summed E-state index contributed by atoms with van der Waals surface area (Å²) < 4.78 is 1.58. The van der Waals surface area contributed by atoms with Gasteiger partial charge in [0, 0.05) is 0 Å². The van der Waals surface area contributed by atoms with Crippen molar-refractivity contribution < 1.29 is 0 Å². The van der Waals surface area contributed by atoms with Crippen LogP contribution in [0, 0.1) is 0 Å². The van der Waals surface area contributed by atoms with Crippen LogP contribution in [0.5, 0.6) is 0 Å². The molecule has 0 radical (unpaired) electrons. The second-order valence-electron chi connectivity index (χ2n) is 3.49. The number of hydrogen-bond acceptors (Lipinski definition) is 3. The van der Waals surface area contributed by atoms with Gasteiger partial charge in [0.25, 0.3) is 5.56 Å². The number of benzene rings is 1. The van der Waals surface area contributed by atoms with E-state index in [0.29, 0.717) is 11.0 Å². The highest BCUT2D eigenvalue weighted by atomic mass is 35.5. The molecule has 5 nitrogen and oxygen atoms in total. The van der Waals surface area contributed by atoms with E-state index in [-0.39, 0.29) is 10.8 Å². The molecule has 17 heavy (non-hydrogen) atoms. The fourth-order valence-electron chi connectivity index (χ4n) is 1.65. The lowest BCUT2D eigenvalue weighted by Crippen LogP contribution is -2.08. The first-order valence-corrected chi connectivity index (χ1v) is 5.32. The number of H-pyrrole nitrogens is 1. The van der Waals surface area contributed by atoms with Crippen LogP contribution in [0.1, 0.15) is 0 Å². The first-order valence-electron chi connectivity index (χ1n) is 4.95. The molecule has 0 aliphatic heterocycles. The zero-order valence-electron chi connectivity index (χ0n) is 8.59. The van der Waals surface area contributed by atoms with Crippen molar-refractivity contribution in [1.29, 1.82) is 0 Å². The number of para-hydroxylation sites is 1. The van der Waals surface area contributed by atoms with Gasteiger partial charge in [-0.25, -0.2) is 4.68 Å². The fraction of sp³-hybridized carbons (Fsp3) is 0. The van der Waals surface area contributed by atoms with E-state index in [2.05, 4.69) is 15.1 Å². The molecular weight excluding hydrogens is 240 g/mol. The average Bonchev–Trinajstić information content (AvgIpc) is 2.74. The summed E-state index contributed by atoms with van der Waals surface area (Å²) >= 11 is 5.73. The molecule has 1 aromatic carbocycles. The van der Waals surface area contributed by atoms with E-state index in [4.69, 9.17) is 11.6 Å². The number of hydrogen-bond donors (Lipinski definition) is 1. The summed E-state index contributed by atoms with van der Waals surface area (Å²) in [6, 6.07) is 9.43. The van der Waals surface area contributed by atoms with Crippen LogP contribution in [0.25, 0.3) is 16.7 Å². The number of aromatic nitrogens is 4. The Morgan fingerprint density at radius 3 is 2.76 bits per heavy atom. The molecule has 0 aliphatic carbocycles. The van der Waals surface area contributed by atoms with Crippen LogP contribution in [0.2, 0.25) is 5.28 Å². The Hall–Kier alpha value is -2.14. The van der Waals surface area contributed by atoms with E-state index >= 15 is 0 Å². The van der Waals surface area contributed by atoms with Gasteiger partial charge in [-0.3, -0.25) is 9.78 Å². The van der Waals surface area contributed by atoms with E-state index < -0.39 is 0 Å². The topological polar surface area (TPSA) is 63.6 Å². The summed E-state index contributed by atoms with van der Waals surface area (Å²) in [7, 11) is 0. The Bertz CT molecular complexity index is 732. The second-order valence-corrected chi connectivity index (χ2v) is 3.84. The van der Waals surface area contributed by atoms with Crippen LogP contribution in [-0.2, 0) is 0 Å². The van der Waals surface area contributed by atoms with Crippen LogP contribution >= 0.6 is 11.6 Å². The van der Waals surface area contributed by atoms with Gasteiger partial charge >= 0.3 is 0 Å². The Morgan fingerprint density at radius 2 is 2.00 bits per heavy atom. The summed E-state index contributed by atoms with van der Waals surface area (Å²) in [4.78, 5) is 18.1. The normalized spacial score (nSPS) is 10.9. The van der Waals surface area contributed by atoms with E-state index in [1.807, 2.05) is 30.3 Å². The van der Waals surface area contributed by atoms with Gasteiger partial charge < -0.3 is 0 Å². The molecule has 3 rings (SSSR count). The van der Waals surface area contributed by atoms with Gasteiger partial charge in [0.2, 0.25) is 5.28 Å². The third-order valence-electron chi connectivity index (χ3n) is 2.41. The summed E-state index contributed by atoms with van der Waals surface area (Å²) in [5, 5.41) is 4.61. The molecule has 84 valence electrons. The smallest absolute Gasteiger partial charge is 0.262 e. The van der Waals surface area contributed by atoms with Gasteiger partial charge in [0.1, 0.15) is 5.39 Å². The zero-order valence-corrected chi connectivity index (χ0v) is 9.35. The third-order valence-corrected chi connectivity index (χ3v) is 2.59. The molecule has 0 saturated heterocycles. The van der Waals surface area contributed by atoms with E-state index in [1.54, 1.807) is 4.68 Å². The predicted molar refractivity (Wildman–Crippen MR) is 64.5 cm³/mol. The van der Waals surface area contributed by atoms with E-state index in [0.717, 1.165) is 5.69 Å². The van der Waals surface area contributed by atoms with Crippen LogP contribution < -0.4 is 5.56 Å². The number of rotatable bonds is 1. The lowest BCUT2D eigenvalue weighted by Gasteiger charge is -2.01. The lowest BCUT2D eigenvalue weighted by molar-refractivity contribution is 0.895. The van der Waals surface area contributed by atoms with E-state index in [1.165, 1.54) is 6.20 Å². The van der Waals surface area contributed by atoms with Crippen LogP contribution in [0.3, 0.4) is 0 Å². The van der Waals surface area contributed by atoms with Crippen LogP contribution in [0.4, 0.5) is 0 Å². The van der Waals surface area contributed by atoms with Crippen molar-refractivity contribution in [2.75, 3.05) is 0 Å². The van der Waals surface area contributed by atoms with Crippen molar-refractivity contribution in [2.45, 2.75) is 0 Å². The van der Waals surface area contributed by atoms with Gasteiger partial charge in [0.15, 0.2) is 5.65 Å². The maximum absolute atomic E-state index is 11.6. The van der Waals surface area contributed by atoms with Crippen molar-refractivity contribution in [3.8, 4) is 5.69 Å². The molecular formula is C11H7ClN4O. The Labute approximate surface area is 101 Å². The highest BCUT2D eigenvalue weighted by Crippen LogP contribution is 2.14. The molecule has 0 unspecified atom stereocenters. The van der Waals surface area contributed by atoms with Gasteiger partial charge in [-0.1, -0.05) is 18.2 Å². The molecule has 2 heterocycles. The van der Waals surface area contributed by atoms with E-state index in [9.17, 15) is 4.79 Å². The first-order chi connectivity index (χ1) is 8.25. The maximum Gasteiger partial charge on any atom is 0.262 e. The Morgan fingerprint density at radius 1 is 1.24 bits per heavy atom. The van der Waals surface area contributed by atoms with Gasteiger partial charge in [0.05, 0.1) is 11.9 Å². The van der Waals surface area contributed by atoms with Crippen LogP contribution in [-0.4, -0.2) is 19.7 Å². The molecule has 0 fully saturated rings. The van der Waals surface area contributed by atoms with Gasteiger partial charge in [-0.05, 0) is 23.7 Å². The molecule has 6 heteroatoms. The molecule has 0 spiro atoms. The minimum atomic E-state index is -0.290. The summed E-state index contributed by atoms with van der Waals surface area (Å²) in [6.45, 7) is 0. The number of halogens is 1. The minimum Gasteiger partial charge on any atom is -0.296 e. The van der Waals surface area contributed by atoms with Gasteiger partial charge in [-0.15, -0.1) is 0 Å². The molecule has 0 saturated carbocycles. The molecule has 1 N–H and O–H groups in total. The Kier molecular flexibility index (Phi) is 2.19. The third kappa shape index (κ3) is 1.60. The standard InChI is InChI=1S/C11H7ClN4O/c12-11-14-9-8(10(17)15-11)6-13-16(9)7-4-2-1-3-5-7/h1-6H,(H,14,15,17). The van der Waals surface area contributed by atoms with Crippen molar-refractivity contribution in [1.82, 2.24) is 19.7 Å². The highest BCUT2D eigenvalue weighted by Gasteiger charge is 2.09. The number of nitrogens with zero attached hydrogens (tertiary/aromatic N) is 3. The SMILES string of the molecule is O=c1[nH]c(Cl)nc2c1cnn2-c1ccccc1. The first kappa shape index (κ1) is 10.0. The lowest BCUT2D eigenvalue weighted by atomic mass is 10.3. The maximum atomic E-state index is 11.6. The van der Waals surface area contributed by atoms with Crippen molar-refractivity contribution in [3.63, 3.8) is 0 Å². The van der Waals surface area contributed by atoms with Gasteiger partial charge in [-0.2, -0.15) is 10.1 Å².